The lowest BCUT2D eigenvalue weighted by molar-refractivity contribution is -0.141. The molecule has 0 saturated carbocycles. The van der Waals surface area contributed by atoms with Crippen molar-refractivity contribution < 1.29 is 32.3 Å². The van der Waals surface area contributed by atoms with E-state index in [4.69, 9.17) is 9.57 Å². The van der Waals surface area contributed by atoms with Crippen molar-refractivity contribution in [2.24, 2.45) is 0 Å². The minimum absolute atomic E-state index is 0.00829. The van der Waals surface area contributed by atoms with E-state index in [9.17, 15) is 22.8 Å². The van der Waals surface area contributed by atoms with Gasteiger partial charge in [-0.2, -0.15) is 18.2 Å². The first kappa shape index (κ1) is 30.6. The molecule has 0 fully saturated rings. The zero-order valence-corrected chi connectivity index (χ0v) is 23.4. The monoisotopic (exact) mass is 557 g/mol. The zero-order valence-electron chi connectivity index (χ0n) is 23.4. The third kappa shape index (κ3) is 8.29. The third-order valence-corrected chi connectivity index (χ3v) is 6.03. The predicted octanol–water partition coefficient (Wildman–Crippen LogP) is 6.79. The fourth-order valence-electron chi connectivity index (χ4n) is 3.91. The number of hydrogen-bond acceptors (Lipinski definition) is 5. The number of benzene rings is 2. The molecule has 214 valence electrons. The van der Waals surface area contributed by atoms with Crippen LogP contribution in [0.4, 0.5) is 18.0 Å². The molecule has 0 saturated heterocycles. The molecule has 1 unspecified atom stereocenters. The van der Waals surface area contributed by atoms with E-state index < -0.39 is 29.5 Å². The van der Waals surface area contributed by atoms with Gasteiger partial charge in [-0.1, -0.05) is 54.1 Å². The summed E-state index contributed by atoms with van der Waals surface area (Å²) in [6.07, 6.45) is -5.21. The second-order valence-corrected chi connectivity index (χ2v) is 10.5. The largest absolute Gasteiger partial charge is 0.442 e. The first-order valence-corrected chi connectivity index (χ1v) is 12.7. The second-order valence-electron chi connectivity index (χ2n) is 10.5. The molecule has 1 heterocycles. The quantitative estimate of drug-likeness (QED) is 0.308. The lowest BCUT2D eigenvalue weighted by Gasteiger charge is -2.25. The van der Waals surface area contributed by atoms with Crippen molar-refractivity contribution in [3.63, 3.8) is 0 Å². The zero-order chi connectivity index (χ0) is 29.7. The number of nitrogens with zero attached hydrogens (tertiary/aromatic N) is 2. The summed E-state index contributed by atoms with van der Waals surface area (Å²) in [5.41, 5.74) is 1.89. The van der Waals surface area contributed by atoms with Crippen LogP contribution < -0.4 is 5.32 Å². The lowest BCUT2D eigenvalue weighted by atomic mass is 9.98. The van der Waals surface area contributed by atoms with Crippen LogP contribution in [0.2, 0.25) is 0 Å². The lowest BCUT2D eigenvalue weighted by Crippen LogP contribution is -2.35. The van der Waals surface area contributed by atoms with E-state index >= 15 is 0 Å². The highest BCUT2D eigenvalue weighted by atomic mass is 19.4. The Labute approximate surface area is 232 Å². The van der Waals surface area contributed by atoms with Crippen molar-refractivity contribution in [2.75, 3.05) is 7.11 Å². The fourth-order valence-corrected chi connectivity index (χ4v) is 3.91. The SMILES string of the molecule is CON(Cc1ccc(C(C)C(=O)NCc2ccc(C(F)(F)F)nc2-c2cccc(C)c2)cc1)C(=O)OC(C)(C)C. The van der Waals surface area contributed by atoms with Gasteiger partial charge >= 0.3 is 12.3 Å². The minimum Gasteiger partial charge on any atom is -0.442 e. The van der Waals surface area contributed by atoms with Gasteiger partial charge in [-0.15, -0.1) is 0 Å². The maximum Gasteiger partial charge on any atom is 0.434 e. The van der Waals surface area contributed by atoms with Gasteiger partial charge in [0.05, 0.1) is 25.3 Å². The Kier molecular flexibility index (Phi) is 9.57. The number of halogens is 3. The highest BCUT2D eigenvalue weighted by molar-refractivity contribution is 5.83. The minimum atomic E-state index is -4.59. The molecule has 0 bridgehead atoms. The Bertz CT molecular complexity index is 1340. The molecule has 0 radical (unpaired) electrons. The maximum atomic E-state index is 13.4. The van der Waals surface area contributed by atoms with E-state index in [1.54, 1.807) is 70.2 Å². The Hall–Kier alpha value is -3.92. The van der Waals surface area contributed by atoms with Gasteiger partial charge in [-0.05, 0) is 63.4 Å². The number of alkyl halides is 3. The van der Waals surface area contributed by atoms with Gasteiger partial charge in [-0.3, -0.25) is 9.63 Å². The molecule has 2 aromatic carbocycles. The molecule has 0 spiro atoms. The summed E-state index contributed by atoms with van der Waals surface area (Å²) in [5.74, 6) is -0.835. The molecule has 1 atom stereocenters. The number of pyridine rings is 1. The van der Waals surface area contributed by atoms with Gasteiger partial charge < -0.3 is 10.1 Å². The first-order valence-electron chi connectivity index (χ1n) is 12.7. The van der Waals surface area contributed by atoms with Gasteiger partial charge in [0.25, 0.3) is 0 Å². The topological polar surface area (TPSA) is 80.8 Å². The molecule has 0 aliphatic heterocycles. The summed E-state index contributed by atoms with van der Waals surface area (Å²) in [6.45, 7) is 9.02. The van der Waals surface area contributed by atoms with Crippen LogP contribution in [0.15, 0.2) is 60.7 Å². The molecule has 7 nitrogen and oxygen atoms in total. The number of carbonyl (C=O) groups is 2. The molecule has 3 aromatic rings. The molecular weight excluding hydrogens is 523 g/mol. The van der Waals surface area contributed by atoms with Gasteiger partial charge in [-0.25, -0.2) is 9.78 Å². The molecule has 1 N–H and O–H groups in total. The van der Waals surface area contributed by atoms with Gasteiger partial charge in [0.1, 0.15) is 11.3 Å². The predicted molar refractivity (Wildman–Crippen MR) is 145 cm³/mol. The van der Waals surface area contributed by atoms with Crippen molar-refractivity contribution in [1.82, 2.24) is 15.4 Å². The summed E-state index contributed by atoms with van der Waals surface area (Å²) < 4.78 is 45.4. The molecule has 0 aliphatic rings. The van der Waals surface area contributed by atoms with E-state index in [1.165, 1.54) is 13.2 Å². The van der Waals surface area contributed by atoms with Crippen LogP contribution >= 0.6 is 0 Å². The summed E-state index contributed by atoms with van der Waals surface area (Å²) in [4.78, 5) is 34.3. The molecule has 2 amide bonds. The van der Waals surface area contributed by atoms with Crippen LogP contribution in [0.25, 0.3) is 11.3 Å². The molecule has 10 heteroatoms. The van der Waals surface area contributed by atoms with E-state index in [-0.39, 0.29) is 24.7 Å². The average Bonchev–Trinajstić information content (AvgIpc) is 2.88. The second kappa shape index (κ2) is 12.5. The van der Waals surface area contributed by atoms with Crippen molar-refractivity contribution in [2.45, 2.75) is 65.4 Å². The number of nitrogens with one attached hydrogen (secondary N) is 1. The summed E-state index contributed by atoms with van der Waals surface area (Å²) in [7, 11) is 1.38. The number of aromatic nitrogens is 1. The molecular formula is C30H34F3N3O4. The Balaban J connectivity index is 1.71. The van der Waals surface area contributed by atoms with E-state index in [0.29, 0.717) is 11.1 Å². The standard InChI is InChI=1S/C30H34F3N3O4/c1-19-8-7-9-23(16-19)26-24(14-15-25(35-26)30(31,32)33)17-34-27(37)20(2)22-12-10-21(11-13-22)18-36(39-6)28(38)40-29(3,4)5/h7-16,20H,17-18H2,1-6H3,(H,34,37). The van der Waals surface area contributed by atoms with Crippen LogP contribution in [-0.2, 0) is 33.6 Å². The number of rotatable bonds is 8. The highest BCUT2D eigenvalue weighted by Gasteiger charge is 2.33. The van der Waals surface area contributed by atoms with E-state index in [0.717, 1.165) is 27.8 Å². The van der Waals surface area contributed by atoms with E-state index in [1.807, 2.05) is 13.0 Å². The van der Waals surface area contributed by atoms with E-state index in [2.05, 4.69) is 10.3 Å². The van der Waals surface area contributed by atoms with Gasteiger partial charge in [0.15, 0.2) is 0 Å². The van der Waals surface area contributed by atoms with Crippen molar-refractivity contribution in [3.05, 3.63) is 88.6 Å². The number of hydrogen-bond donors (Lipinski definition) is 1. The normalized spacial score (nSPS) is 12.5. The van der Waals surface area contributed by atoms with Gasteiger partial charge in [0.2, 0.25) is 5.91 Å². The van der Waals surface area contributed by atoms with Crippen molar-refractivity contribution in [3.8, 4) is 11.3 Å². The smallest absolute Gasteiger partial charge is 0.434 e. The number of ether oxygens (including phenoxy) is 1. The summed E-state index contributed by atoms with van der Waals surface area (Å²) >= 11 is 0. The van der Waals surface area contributed by atoms with Crippen LogP contribution in [0, 0.1) is 6.92 Å². The van der Waals surface area contributed by atoms with Crippen LogP contribution in [0.1, 0.15) is 61.6 Å². The Morgan fingerprint density at radius 3 is 2.27 bits per heavy atom. The summed E-state index contributed by atoms with van der Waals surface area (Å²) in [5, 5.41) is 3.92. The van der Waals surface area contributed by atoms with Crippen LogP contribution in [0.5, 0.6) is 0 Å². The van der Waals surface area contributed by atoms with Crippen LogP contribution in [-0.4, -0.2) is 34.8 Å². The summed E-state index contributed by atoms with van der Waals surface area (Å²) in [6, 6.07) is 16.4. The number of aryl methyl sites for hydroxylation is 1. The third-order valence-electron chi connectivity index (χ3n) is 6.03. The van der Waals surface area contributed by atoms with Crippen molar-refractivity contribution in [1.29, 1.82) is 0 Å². The van der Waals surface area contributed by atoms with Crippen molar-refractivity contribution >= 4 is 12.0 Å². The maximum absolute atomic E-state index is 13.4. The molecule has 0 aliphatic carbocycles. The number of hydroxylamine groups is 2. The number of carbonyl (C=O) groups excluding carboxylic acids is 2. The Morgan fingerprint density at radius 1 is 1.02 bits per heavy atom. The fraction of sp³-hybridized carbons (Fsp3) is 0.367. The average molecular weight is 558 g/mol. The molecule has 40 heavy (non-hydrogen) atoms. The molecule has 3 rings (SSSR count). The Morgan fingerprint density at radius 2 is 1.70 bits per heavy atom. The van der Waals surface area contributed by atoms with Gasteiger partial charge in [0, 0.05) is 12.1 Å². The van der Waals surface area contributed by atoms with Crippen LogP contribution in [0.3, 0.4) is 0 Å². The highest BCUT2D eigenvalue weighted by Crippen LogP contribution is 2.31. The first-order chi connectivity index (χ1) is 18.7. The molecule has 1 aromatic heterocycles. The number of amides is 2.